The molecule has 5 rings (SSSR count). The Bertz CT molecular complexity index is 1290. The number of nitrogens with zero attached hydrogens (tertiary/aromatic N) is 1. The van der Waals surface area contributed by atoms with Gasteiger partial charge in [-0.15, -0.1) is 0 Å². The zero-order chi connectivity index (χ0) is 25.2. The van der Waals surface area contributed by atoms with E-state index >= 15 is 0 Å². The number of aromatic nitrogens is 1. The number of nitrogens with one attached hydrogen (secondary N) is 1. The highest BCUT2D eigenvalue weighted by Gasteiger charge is 2.34. The predicted octanol–water partition coefficient (Wildman–Crippen LogP) is 3.86. The van der Waals surface area contributed by atoms with Crippen molar-refractivity contribution in [1.82, 2.24) is 10.3 Å². The maximum absolute atomic E-state index is 13.7. The van der Waals surface area contributed by atoms with Gasteiger partial charge in [0.15, 0.2) is 0 Å². The molecule has 2 aromatic carbocycles. The zero-order valence-corrected chi connectivity index (χ0v) is 19.6. The summed E-state index contributed by atoms with van der Waals surface area (Å²) in [6.07, 6.45) is 1.80. The first kappa shape index (κ1) is 24.1. The molecular formula is C27H27FN2O6. The van der Waals surface area contributed by atoms with E-state index < -0.39 is 23.8 Å². The Hall–Kier alpha value is -3.56. The zero-order valence-electron chi connectivity index (χ0n) is 19.6. The molecule has 188 valence electrons. The minimum Gasteiger partial charge on any atom is -0.508 e. The van der Waals surface area contributed by atoms with Gasteiger partial charge in [0.1, 0.15) is 23.2 Å². The number of carboxylic acids is 1. The summed E-state index contributed by atoms with van der Waals surface area (Å²) in [4.78, 5) is 30.1. The van der Waals surface area contributed by atoms with Gasteiger partial charge in [0, 0.05) is 42.7 Å². The quantitative estimate of drug-likeness (QED) is 0.493. The second-order valence-corrected chi connectivity index (χ2v) is 9.23. The molecule has 2 aliphatic rings. The van der Waals surface area contributed by atoms with Crippen molar-refractivity contribution in [3.8, 4) is 16.9 Å². The average molecular weight is 495 g/mol. The number of ether oxygens (including phenoxy) is 2. The fraction of sp³-hybridized carbons (Fsp3) is 0.370. The molecule has 0 radical (unpaired) electrons. The summed E-state index contributed by atoms with van der Waals surface area (Å²) in [5.74, 6) is -2.79. The van der Waals surface area contributed by atoms with Crippen LogP contribution in [0.5, 0.6) is 5.75 Å². The Morgan fingerprint density at radius 2 is 1.69 bits per heavy atom. The summed E-state index contributed by atoms with van der Waals surface area (Å²) in [6.45, 7) is 1.49. The third-order valence-corrected chi connectivity index (χ3v) is 6.96. The lowest BCUT2D eigenvalue weighted by Crippen LogP contribution is -2.48. The highest BCUT2D eigenvalue weighted by atomic mass is 19.1. The van der Waals surface area contributed by atoms with Gasteiger partial charge < -0.3 is 25.0 Å². The molecule has 0 unspecified atom stereocenters. The van der Waals surface area contributed by atoms with E-state index in [1.165, 1.54) is 18.2 Å². The first-order valence-corrected chi connectivity index (χ1v) is 12.0. The van der Waals surface area contributed by atoms with E-state index in [-0.39, 0.29) is 29.8 Å². The average Bonchev–Trinajstić information content (AvgIpc) is 2.89. The minimum absolute atomic E-state index is 0.0124. The van der Waals surface area contributed by atoms with Gasteiger partial charge in [-0.25, -0.2) is 9.37 Å². The maximum atomic E-state index is 13.7. The number of aromatic hydroxyl groups is 1. The minimum atomic E-state index is -1.04. The number of carboxylic acid groups (broad SMARTS) is 1. The van der Waals surface area contributed by atoms with Crippen LogP contribution < -0.4 is 5.32 Å². The molecule has 36 heavy (non-hydrogen) atoms. The topological polar surface area (TPSA) is 118 Å². The summed E-state index contributed by atoms with van der Waals surface area (Å²) in [7, 11) is 0. The van der Waals surface area contributed by atoms with E-state index in [1.807, 2.05) is 0 Å². The molecule has 8 nitrogen and oxygen atoms in total. The summed E-state index contributed by atoms with van der Waals surface area (Å²) in [5.41, 5.74) is 2.35. The second-order valence-electron chi connectivity index (χ2n) is 9.23. The smallest absolute Gasteiger partial charge is 0.310 e. The number of halogens is 1. The first-order chi connectivity index (χ1) is 17.4. The van der Waals surface area contributed by atoms with Crippen LogP contribution in [0.15, 0.2) is 42.5 Å². The van der Waals surface area contributed by atoms with Crippen molar-refractivity contribution in [3.05, 3.63) is 59.7 Å². The van der Waals surface area contributed by atoms with E-state index in [9.17, 15) is 24.2 Å². The van der Waals surface area contributed by atoms with E-state index in [0.717, 1.165) is 11.1 Å². The van der Waals surface area contributed by atoms with E-state index in [0.29, 0.717) is 55.5 Å². The van der Waals surface area contributed by atoms with E-state index in [1.54, 1.807) is 24.3 Å². The highest BCUT2D eigenvalue weighted by Crippen LogP contribution is 2.40. The number of benzene rings is 2. The summed E-state index contributed by atoms with van der Waals surface area (Å²) in [5, 5.41) is 23.8. The number of aliphatic carboxylic acids is 1. The fourth-order valence-electron chi connectivity index (χ4n) is 5.07. The van der Waals surface area contributed by atoms with Crippen LogP contribution in [-0.2, 0) is 14.3 Å². The monoisotopic (exact) mass is 494 g/mol. The van der Waals surface area contributed by atoms with Gasteiger partial charge in [-0.3, -0.25) is 9.59 Å². The highest BCUT2D eigenvalue weighted by molar-refractivity contribution is 6.10. The van der Waals surface area contributed by atoms with Gasteiger partial charge >= 0.3 is 5.97 Å². The number of carbonyl (C=O) groups is 2. The molecule has 1 aromatic heterocycles. The molecule has 0 bridgehead atoms. The molecule has 9 heteroatoms. The molecule has 2 saturated heterocycles. The molecule has 0 spiro atoms. The normalized spacial score (nSPS) is 20.8. The predicted molar refractivity (Wildman–Crippen MR) is 129 cm³/mol. The van der Waals surface area contributed by atoms with Crippen LogP contribution in [0.1, 0.15) is 41.4 Å². The van der Waals surface area contributed by atoms with Crippen molar-refractivity contribution in [2.45, 2.75) is 31.2 Å². The van der Waals surface area contributed by atoms with Crippen LogP contribution >= 0.6 is 0 Å². The Morgan fingerprint density at radius 3 is 2.42 bits per heavy atom. The number of phenolic OH excluding ortho intramolecular Hbond substituents is 1. The Balaban J connectivity index is 1.66. The number of fused-ring (bicyclic) bond motifs is 1. The number of amides is 1. The third kappa shape index (κ3) is 4.76. The maximum Gasteiger partial charge on any atom is 0.310 e. The van der Waals surface area contributed by atoms with Crippen molar-refractivity contribution in [2.75, 3.05) is 26.4 Å². The van der Waals surface area contributed by atoms with Crippen molar-refractivity contribution in [3.63, 3.8) is 0 Å². The van der Waals surface area contributed by atoms with Crippen LogP contribution in [0.4, 0.5) is 4.39 Å². The number of hydrogen-bond acceptors (Lipinski definition) is 6. The Morgan fingerprint density at radius 1 is 0.972 bits per heavy atom. The van der Waals surface area contributed by atoms with Gasteiger partial charge in [-0.05, 0) is 60.5 Å². The molecule has 2 aliphatic heterocycles. The summed E-state index contributed by atoms with van der Waals surface area (Å²) in [6, 6.07) is 10.3. The van der Waals surface area contributed by atoms with Crippen LogP contribution in [0.3, 0.4) is 0 Å². The van der Waals surface area contributed by atoms with Gasteiger partial charge in [0.05, 0.1) is 12.3 Å². The molecule has 1 amide bonds. The molecule has 3 heterocycles. The molecule has 0 aliphatic carbocycles. The van der Waals surface area contributed by atoms with Crippen molar-refractivity contribution in [1.29, 1.82) is 0 Å². The SMILES string of the molecule is O=C(N[C@H]1CCOC[C@H]1C(=O)O)c1nc(C2CCOCC2)c(-c2ccc(F)cc2)c2ccc(O)cc12. The van der Waals surface area contributed by atoms with Gasteiger partial charge in [-0.1, -0.05) is 12.1 Å². The lowest BCUT2D eigenvalue weighted by Gasteiger charge is -2.30. The molecule has 2 fully saturated rings. The first-order valence-electron chi connectivity index (χ1n) is 12.0. The number of rotatable bonds is 5. The van der Waals surface area contributed by atoms with Crippen LogP contribution in [-0.4, -0.2) is 59.5 Å². The Labute approximate surface area is 207 Å². The number of carbonyl (C=O) groups excluding carboxylic acids is 1. The van der Waals surface area contributed by atoms with E-state index in [4.69, 9.17) is 14.5 Å². The van der Waals surface area contributed by atoms with Gasteiger partial charge in [0.2, 0.25) is 0 Å². The van der Waals surface area contributed by atoms with Crippen LogP contribution in [0.2, 0.25) is 0 Å². The number of pyridine rings is 1. The Kier molecular flexibility index (Phi) is 6.84. The lowest BCUT2D eigenvalue weighted by atomic mass is 9.86. The van der Waals surface area contributed by atoms with Crippen molar-refractivity contribution in [2.24, 2.45) is 5.92 Å². The molecular weight excluding hydrogens is 467 g/mol. The van der Waals surface area contributed by atoms with Gasteiger partial charge in [0.25, 0.3) is 5.91 Å². The third-order valence-electron chi connectivity index (χ3n) is 6.96. The molecule has 0 saturated carbocycles. The van der Waals surface area contributed by atoms with E-state index in [2.05, 4.69) is 5.32 Å². The molecule has 2 atom stereocenters. The van der Waals surface area contributed by atoms with Crippen molar-refractivity contribution < 1.29 is 33.7 Å². The number of phenols is 1. The lowest BCUT2D eigenvalue weighted by molar-refractivity contribution is -0.147. The second kappa shape index (κ2) is 10.2. The van der Waals surface area contributed by atoms with Crippen LogP contribution in [0, 0.1) is 11.7 Å². The summed E-state index contributed by atoms with van der Waals surface area (Å²) < 4.78 is 24.6. The standard InChI is InChI=1S/C27H27FN2O6/c28-17-3-1-15(2-4-17)23-19-6-5-18(31)13-20(19)25(30-24(23)16-7-10-35-11-8-16)26(32)29-22-9-12-36-14-21(22)27(33)34/h1-6,13,16,21-22,31H,7-12,14H2,(H,29,32)(H,33,34)/t21-,22+/m1/s1. The van der Waals surface area contributed by atoms with Gasteiger partial charge in [-0.2, -0.15) is 0 Å². The summed E-state index contributed by atoms with van der Waals surface area (Å²) >= 11 is 0. The molecule has 3 aromatic rings. The van der Waals surface area contributed by atoms with Crippen molar-refractivity contribution >= 4 is 22.6 Å². The van der Waals surface area contributed by atoms with Crippen LogP contribution in [0.25, 0.3) is 21.9 Å². The number of hydrogen-bond donors (Lipinski definition) is 3. The fourth-order valence-corrected chi connectivity index (χ4v) is 5.07. The largest absolute Gasteiger partial charge is 0.508 e. The molecule has 3 N–H and O–H groups in total.